The van der Waals surface area contributed by atoms with Gasteiger partial charge >= 0.3 is 0 Å². The zero-order chi connectivity index (χ0) is 11.1. The lowest BCUT2D eigenvalue weighted by Crippen LogP contribution is -2.34. The molecule has 0 unspecified atom stereocenters. The van der Waals surface area contributed by atoms with E-state index in [0.29, 0.717) is 12.0 Å². The first-order valence-electron chi connectivity index (χ1n) is 5.53. The monoisotopic (exact) mass is 199 g/mol. The van der Waals surface area contributed by atoms with Crippen LogP contribution >= 0.6 is 0 Å². The molecule has 0 spiro atoms. The van der Waals surface area contributed by atoms with Crippen molar-refractivity contribution < 1.29 is 0 Å². The van der Waals surface area contributed by atoms with E-state index >= 15 is 0 Å². The van der Waals surface area contributed by atoms with Crippen molar-refractivity contribution in [1.82, 2.24) is 10.3 Å². The minimum Gasteiger partial charge on any atom is -0.361 e. The topological polar surface area (TPSA) is 27.6 Å². The van der Waals surface area contributed by atoms with Crippen LogP contribution in [0.5, 0.6) is 0 Å². The lowest BCUT2D eigenvalue weighted by molar-refractivity contribution is 0.462. The van der Waals surface area contributed by atoms with Crippen LogP contribution in [-0.2, 0) is 0 Å². The van der Waals surface area contributed by atoms with Gasteiger partial charge in [0.05, 0.1) is 0 Å². The second-order valence-electron chi connectivity index (χ2n) is 4.33. The Morgan fingerprint density at radius 3 is 2.21 bits per heavy atom. The van der Waals surface area contributed by atoms with E-state index in [2.05, 4.69) is 57.1 Å². The zero-order valence-electron chi connectivity index (χ0n) is 10.5. The molecule has 0 aromatic carbocycles. The van der Waals surface area contributed by atoms with Crippen molar-refractivity contribution in [2.24, 2.45) is 11.0 Å². The Bertz CT molecular complexity index is 173. The molecule has 0 aliphatic carbocycles. The first kappa shape index (κ1) is 13.3. The minimum absolute atomic E-state index is 0.402. The quantitative estimate of drug-likeness (QED) is 0.418. The SMILES string of the molecule is CCCN(C)/C(=N\NC(C)C)C(C)C. The number of rotatable bonds is 5. The van der Waals surface area contributed by atoms with Crippen LogP contribution in [0.3, 0.4) is 0 Å². The van der Waals surface area contributed by atoms with Crippen molar-refractivity contribution in [3.05, 3.63) is 0 Å². The van der Waals surface area contributed by atoms with Crippen LogP contribution in [0.1, 0.15) is 41.0 Å². The molecule has 3 nitrogen and oxygen atoms in total. The third-order valence-electron chi connectivity index (χ3n) is 1.90. The molecule has 84 valence electrons. The highest BCUT2D eigenvalue weighted by Crippen LogP contribution is 2.02. The second kappa shape index (κ2) is 6.68. The molecular weight excluding hydrogens is 174 g/mol. The Morgan fingerprint density at radius 1 is 1.29 bits per heavy atom. The van der Waals surface area contributed by atoms with Gasteiger partial charge in [0.1, 0.15) is 5.84 Å². The van der Waals surface area contributed by atoms with Gasteiger partial charge in [-0.3, -0.25) is 0 Å². The zero-order valence-corrected chi connectivity index (χ0v) is 10.5. The molecule has 0 aromatic heterocycles. The largest absolute Gasteiger partial charge is 0.361 e. The molecule has 0 saturated carbocycles. The molecule has 0 bridgehead atoms. The summed E-state index contributed by atoms with van der Waals surface area (Å²) in [6.45, 7) is 11.8. The van der Waals surface area contributed by atoms with Crippen LogP contribution in [0, 0.1) is 5.92 Å². The number of amidine groups is 1. The first-order valence-corrected chi connectivity index (χ1v) is 5.53. The maximum absolute atomic E-state index is 4.43. The summed E-state index contributed by atoms with van der Waals surface area (Å²) in [6.07, 6.45) is 1.16. The Balaban J connectivity index is 4.34. The van der Waals surface area contributed by atoms with Crippen LogP contribution in [0.4, 0.5) is 0 Å². The average Bonchev–Trinajstić information content (AvgIpc) is 2.03. The molecule has 0 saturated heterocycles. The van der Waals surface area contributed by atoms with Gasteiger partial charge in [-0.2, -0.15) is 5.10 Å². The molecule has 14 heavy (non-hydrogen) atoms. The Hall–Kier alpha value is -0.730. The highest BCUT2D eigenvalue weighted by Gasteiger charge is 2.10. The fourth-order valence-corrected chi connectivity index (χ4v) is 1.30. The maximum atomic E-state index is 4.43. The summed E-state index contributed by atoms with van der Waals surface area (Å²) < 4.78 is 0. The highest BCUT2D eigenvalue weighted by molar-refractivity contribution is 5.83. The predicted molar refractivity (Wildman–Crippen MR) is 63.5 cm³/mol. The molecule has 0 heterocycles. The van der Waals surface area contributed by atoms with Crippen LogP contribution in [0.25, 0.3) is 0 Å². The third-order valence-corrected chi connectivity index (χ3v) is 1.90. The Labute approximate surface area is 88.6 Å². The molecule has 0 atom stereocenters. The summed E-state index contributed by atoms with van der Waals surface area (Å²) in [7, 11) is 2.10. The van der Waals surface area contributed by atoms with Gasteiger partial charge in [-0.1, -0.05) is 20.8 Å². The summed E-state index contributed by atoms with van der Waals surface area (Å²) in [5, 5.41) is 4.43. The van der Waals surface area contributed by atoms with E-state index in [4.69, 9.17) is 0 Å². The first-order chi connectivity index (χ1) is 6.49. The van der Waals surface area contributed by atoms with E-state index in [1.54, 1.807) is 0 Å². The van der Waals surface area contributed by atoms with Gasteiger partial charge in [-0.15, -0.1) is 0 Å². The smallest absolute Gasteiger partial charge is 0.127 e. The number of nitrogens with zero attached hydrogens (tertiary/aromatic N) is 2. The number of nitrogens with one attached hydrogen (secondary N) is 1. The molecule has 0 aromatic rings. The molecule has 1 N–H and O–H groups in total. The summed E-state index contributed by atoms with van der Waals surface area (Å²) in [5.41, 5.74) is 3.11. The van der Waals surface area contributed by atoms with Gasteiger partial charge in [-0.05, 0) is 20.3 Å². The Morgan fingerprint density at radius 2 is 1.86 bits per heavy atom. The fraction of sp³-hybridized carbons (Fsp3) is 0.909. The summed E-state index contributed by atoms with van der Waals surface area (Å²) in [6, 6.07) is 0.402. The van der Waals surface area contributed by atoms with Crippen molar-refractivity contribution in [1.29, 1.82) is 0 Å². The molecule has 0 aliphatic rings. The van der Waals surface area contributed by atoms with Gasteiger partial charge in [-0.25, -0.2) is 0 Å². The van der Waals surface area contributed by atoms with Crippen molar-refractivity contribution in [2.75, 3.05) is 13.6 Å². The van der Waals surface area contributed by atoms with E-state index in [9.17, 15) is 0 Å². The van der Waals surface area contributed by atoms with Gasteiger partial charge < -0.3 is 10.3 Å². The standard InChI is InChI=1S/C11H25N3/c1-7-8-14(6)11(9(2)3)13-12-10(4)5/h9-10,12H,7-8H2,1-6H3/b13-11-. The van der Waals surface area contributed by atoms with E-state index < -0.39 is 0 Å². The predicted octanol–water partition coefficient (Wildman–Crippen LogP) is 2.30. The molecule has 0 aliphatic heterocycles. The van der Waals surface area contributed by atoms with Crippen molar-refractivity contribution in [3.63, 3.8) is 0 Å². The molecule has 0 fully saturated rings. The highest BCUT2D eigenvalue weighted by atomic mass is 15.4. The molecule has 0 radical (unpaired) electrons. The van der Waals surface area contributed by atoms with Crippen LogP contribution in [0.15, 0.2) is 5.10 Å². The maximum Gasteiger partial charge on any atom is 0.127 e. The lowest BCUT2D eigenvalue weighted by Gasteiger charge is -2.23. The van der Waals surface area contributed by atoms with Gasteiger partial charge in [0.25, 0.3) is 0 Å². The van der Waals surface area contributed by atoms with Crippen molar-refractivity contribution >= 4 is 5.84 Å². The van der Waals surface area contributed by atoms with Crippen LogP contribution in [-0.4, -0.2) is 30.4 Å². The summed E-state index contributed by atoms with van der Waals surface area (Å²) in [5.74, 6) is 1.61. The van der Waals surface area contributed by atoms with Gasteiger partial charge in [0.15, 0.2) is 0 Å². The van der Waals surface area contributed by atoms with E-state index in [0.717, 1.165) is 18.8 Å². The summed E-state index contributed by atoms with van der Waals surface area (Å²) >= 11 is 0. The van der Waals surface area contributed by atoms with Crippen LogP contribution in [0.2, 0.25) is 0 Å². The lowest BCUT2D eigenvalue weighted by atomic mass is 10.2. The van der Waals surface area contributed by atoms with E-state index in [1.807, 2.05) is 0 Å². The van der Waals surface area contributed by atoms with Gasteiger partial charge in [0.2, 0.25) is 0 Å². The number of hydrogen-bond acceptors (Lipinski definition) is 2. The third kappa shape index (κ3) is 5.10. The second-order valence-corrected chi connectivity index (χ2v) is 4.33. The fourth-order valence-electron chi connectivity index (χ4n) is 1.30. The van der Waals surface area contributed by atoms with Gasteiger partial charge in [0, 0.05) is 25.6 Å². The van der Waals surface area contributed by atoms with Crippen molar-refractivity contribution in [3.8, 4) is 0 Å². The molecule has 3 heteroatoms. The molecule has 0 rings (SSSR count). The van der Waals surface area contributed by atoms with E-state index in [1.165, 1.54) is 0 Å². The number of hydrogen-bond donors (Lipinski definition) is 1. The van der Waals surface area contributed by atoms with Crippen molar-refractivity contribution in [2.45, 2.75) is 47.1 Å². The normalized spacial score (nSPS) is 12.4. The van der Waals surface area contributed by atoms with E-state index in [-0.39, 0.29) is 0 Å². The molecular formula is C11H25N3. The minimum atomic E-state index is 0.402. The summed E-state index contributed by atoms with van der Waals surface area (Å²) in [4.78, 5) is 2.22. The Kier molecular flexibility index (Phi) is 6.34. The average molecular weight is 199 g/mol. The number of hydrazone groups is 1. The molecule has 0 amide bonds. The van der Waals surface area contributed by atoms with Crippen LogP contribution < -0.4 is 5.43 Å².